The number of hydrogen-bond donors (Lipinski definition) is 1. The summed E-state index contributed by atoms with van der Waals surface area (Å²) in [6.45, 7) is 4.01. The first kappa shape index (κ1) is 15.2. The van der Waals surface area contributed by atoms with Gasteiger partial charge in [0.1, 0.15) is 0 Å². The first-order valence-corrected chi connectivity index (χ1v) is 6.57. The van der Waals surface area contributed by atoms with Crippen molar-refractivity contribution in [2.24, 2.45) is 5.92 Å². The Hall–Kier alpha value is -1.84. The normalized spacial score (nSPS) is 11.7. The van der Waals surface area contributed by atoms with Crippen LogP contribution in [-0.4, -0.2) is 19.0 Å². The van der Waals surface area contributed by atoms with E-state index in [1.54, 1.807) is 24.3 Å². The summed E-state index contributed by atoms with van der Waals surface area (Å²) in [5, 5.41) is 2.82. The molecule has 0 bridgehead atoms. The summed E-state index contributed by atoms with van der Waals surface area (Å²) in [6, 6.07) is 6.76. The van der Waals surface area contributed by atoms with Crippen LogP contribution >= 0.6 is 0 Å². The van der Waals surface area contributed by atoms with E-state index in [1.165, 1.54) is 7.11 Å². The second-order valence-electron chi connectivity index (χ2n) is 4.60. The molecule has 4 heteroatoms. The first-order chi connectivity index (χ1) is 9.08. The lowest BCUT2D eigenvalue weighted by molar-refractivity contribution is -0.119. The van der Waals surface area contributed by atoms with Crippen molar-refractivity contribution >= 4 is 17.6 Å². The van der Waals surface area contributed by atoms with Crippen molar-refractivity contribution in [2.45, 2.75) is 33.1 Å². The Morgan fingerprint density at radius 2 is 2.11 bits per heavy atom. The number of carbonyl (C=O) groups excluding carboxylic acids is 2. The molecule has 0 aliphatic heterocycles. The quantitative estimate of drug-likeness (QED) is 0.802. The van der Waals surface area contributed by atoms with Gasteiger partial charge in [-0.25, -0.2) is 4.79 Å². The summed E-state index contributed by atoms with van der Waals surface area (Å²) in [5.41, 5.74) is 1.05. The zero-order valence-corrected chi connectivity index (χ0v) is 11.7. The van der Waals surface area contributed by atoms with Gasteiger partial charge in [-0.15, -0.1) is 0 Å². The molecule has 0 saturated heterocycles. The Kier molecular flexibility index (Phi) is 6.06. The van der Waals surface area contributed by atoms with Gasteiger partial charge in [0.2, 0.25) is 5.91 Å². The van der Waals surface area contributed by atoms with Gasteiger partial charge in [0.15, 0.2) is 0 Å². The predicted octanol–water partition coefficient (Wildman–Crippen LogP) is 3.24. The van der Waals surface area contributed by atoms with E-state index in [0.717, 1.165) is 19.3 Å². The highest BCUT2D eigenvalue weighted by molar-refractivity contribution is 5.95. The van der Waals surface area contributed by atoms with Gasteiger partial charge in [0.25, 0.3) is 0 Å². The van der Waals surface area contributed by atoms with Crippen LogP contribution in [0.5, 0.6) is 0 Å². The summed E-state index contributed by atoms with van der Waals surface area (Å²) in [6.07, 6.45) is 2.99. The third-order valence-electron chi connectivity index (χ3n) is 2.99. The van der Waals surface area contributed by atoms with Crippen molar-refractivity contribution < 1.29 is 14.3 Å². The number of rotatable bonds is 6. The van der Waals surface area contributed by atoms with Gasteiger partial charge in [-0.05, 0) is 24.6 Å². The van der Waals surface area contributed by atoms with E-state index in [0.29, 0.717) is 11.3 Å². The van der Waals surface area contributed by atoms with E-state index in [-0.39, 0.29) is 11.8 Å². The topological polar surface area (TPSA) is 55.4 Å². The summed E-state index contributed by atoms with van der Waals surface area (Å²) in [4.78, 5) is 23.3. The monoisotopic (exact) mass is 263 g/mol. The number of methoxy groups -OCH3 is 1. The minimum absolute atomic E-state index is 0.0181. The molecule has 1 aromatic rings. The number of esters is 1. The average molecular weight is 263 g/mol. The van der Waals surface area contributed by atoms with E-state index >= 15 is 0 Å². The molecule has 1 unspecified atom stereocenters. The van der Waals surface area contributed by atoms with Gasteiger partial charge < -0.3 is 10.1 Å². The molecule has 0 radical (unpaired) electrons. The maximum Gasteiger partial charge on any atom is 0.337 e. The van der Waals surface area contributed by atoms with Crippen LogP contribution in [0.15, 0.2) is 24.3 Å². The lowest BCUT2D eigenvalue weighted by Crippen LogP contribution is -2.20. The molecule has 1 rings (SSSR count). The first-order valence-electron chi connectivity index (χ1n) is 6.57. The fraction of sp³-hybridized carbons (Fsp3) is 0.467. The highest BCUT2D eigenvalue weighted by atomic mass is 16.5. The highest BCUT2D eigenvalue weighted by Gasteiger charge is 2.13. The second kappa shape index (κ2) is 7.56. The Balaban J connectivity index is 2.66. The second-order valence-corrected chi connectivity index (χ2v) is 4.60. The average Bonchev–Trinajstić information content (AvgIpc) is 2.44. The number of unbranched alkanes of at least 4 members (excludes halogenated alkanes) is 1. The minimum Gasteiger partial charge on any atom is -0.465 e. The SMILES string of the molecule is CCCCC(C)C(=O)Nc1cccc(C(=O)OC)c1. The predicted molar refractivity (Wildman–Crippen MR) is 75.1 cm³/mol. The van der Waals surface area contributed by atoms with Gasteiger partial charge in [-0.2, -0.15) is 0 Å². The van der Waals surface area contributed by atoms with Crippen LogP contribution in [0.4, 0.5) is 5.69 Å². The Morgan fingerprint density at radius 1 is 1.37 bits per heavy atom. The van der Waals surface area contributed by atoms with Crippen molar-refractivity contribution in [1.82, 2.24) is 0 Å². The molecule has 19 heavy (non-hydrogen) atoms. The van der Waals surface area contributed by atoms with Gasteiger partial charge in [-0.3, -0.25) is 4.79 Å². The molecule has 1 amide bonds. The largest absolute Gasteiger partial charge is 0.465 e. The van der Waals surface area contributed by atoms with Crippen LogP contribution in [0.2, 0.25) is 0 Å². The van der Waals surface area contributed by atoms with E-state index in [2.05, 4.69) is 17.0 Å². The van der Waals surface area contributed by atoms with E-state index in [1.807, 2.05) is 6.92 Å². The number of nitrogens with one attached hydrogen (secondary N) is 1. The smallest absolute Gasteiger partial charge is 0.337 e. The number of ether oxygens (including phenoxy) is 1. The lowest BCUT2D eigenvalue weighted by Gasteiger charge is -2.12. The van der Waals surface area contributed by atoms with Crippen LogP contribution in [-0.2, 0) is 9.53 Å². The van der Waals surface area contributed by atoms with Gasteiger partial charge in [0, 0.05) is 11.6 Å². The number of anilines is 1. The van der Waals surface area contributed by atoms with Gasteiger partial charge in [-0.1, -0.05) is 32.8 Å². The Labute approximate surface area is 114 Å². The van der Waals surface area contributed by atoms with Crippen LogP contribution in [0.3, 0.4) is 0 Å². The molecule has 1 atom stereocenters. The molecule has 4 nitrogen and oxygen atoms in total. The van der Waals surface area contributed by atoms with Crippen LogP contribution < -0.4 is 5.32 Å². The summed E-state index contributed by atoms with van der Waals surface area (Å²) in [5.74, 6) is -0.452. The van der Waals surface area contributed by atoms with Gasteiger partial charge in [0.05, 0.1) is 12.7 Å². The maximum absolute atomic E-state index is 11.9. The molecule has 0 aromatic heterocycles. The third-order valence-corrected chi connectivity index (χ3v) is 2.99. The van der Waals surface area contributed by atoms with E-state index in [4.69, 9.17) is 0 Å². The lowest BCUT2D eigenvalue weighted by atomic mass is 10.0. The van der Waals surface area contributed by atoms with Crippen molar-refractivity contribution in [2.75, 3.05) is 12.4 Å². The molecular formula is C15H21NO3. The van der Waals surface area contributed by atoms with Crippen molar-refractivity contribution in [3.8, 4) is 0 Å². The molecule has 1 aromatic carbocycles. The van der Waals surface area contributed by atoms with Crippen LogP contribution in [0.25, 0.3) is 0 Å². The molecule has 104 valence electrons. The summed E-state index contributed by atoms with van der Waals surface area (Å²) in [7, 11) is 1.33. The standard InChI is InChI=1S/C15H21NO3/c1-4-5-7-11(2)14(17)16-13-9-6-8-12(10-13)15(18)19-3/h6,8-11H,4-5,7H2,1-3H3,(H,16,17). The van der Waals surface area contributed by atoms with E-state index in [9.17, 15) is 9.59 Å². The maximum atomic E-state index is 11.9. The van der Waals surface area contributed by atoms with Crippen molar-refractivity contribution in [3.63, 3.8) is 0 Å². The number of carbonyl (C=O) groups is 2. The van der Waals surface area contributed by atoms with E-state index < -0.39 is 5.97 Å². The number of amides is 1. The molecule has 0 aliphatic carbocycles. The zero-order valence-electron chi connectivity index (χ0n) is 11.7. The molecule has 0 fully saturated rings. The van der Waals surface area contributed by atoms with Crippen LogP contribution in [0, 0.1) is 5.92 Å². The number of benzene rings is 1. The summed E-state index contributed by atoms with van der Waals surface area (Å²) < 4.78 is 4.65. The Morgan fingerprint density at radius 3 is 2.74 bits per heavy atom. The zero-order chi connectivity index (χ0) is 14.3. The van der Waals surface area contributed by atoms with Gasteiger partial charge >= 0.3 is 5.97 Å². The molecular weight excluding hydrogens is 242 g/mol. The third kappa shape index (κ3) is 4.73. The van der Waals surface area contributed by atoms with Crippen molar-refractivity contribution in [3.05, 3.63) is 29.8 Å². The highest BCUT2D eigenvalue weighted by Crippen LogP contribution is 2.15. The molecule has 0 heterocycles. The molecule has 0 aliphatic rings. The minimum atomic E-state index is -0.407. The van der Waals surface area contributed by atoms with Crippen molar-refractivity contribution in [1.29, 1.82) is 0 Å². The fourth-order valence-corrected chi connectivity index (χ4v) is 1.75. The molecule has 0 spiro atoms. The Bertz CT molecular complexity index is 443. The summed E-state index contributed by atoms with van der Waals surface area (Å²) >= 11 is 0. The fourth-order valence-electron chi connectivity index (χ4n) is 1.75. The number of hydrogen-bond acceptors (Lipinski definition) is 3. The molecule has 1 N–H and O–H groups in total. The molecule has 0 saturated carbocycles. The van der Waals surface area contributed by atoms with Crippen LogP contribution in [0.1, 0.15) is 43.5 Å².